The molecule has 2 rings (SSSR count). The monoisotopic (exact) mass is 295 g/mol. The Labute approximate surface area is 117 Å². The lowest BCUT2D eigenvalue weighted by Gasteiger charge is -2.05. The Kier molecular flexibility index (Phi) is 4.14. The number of nitrogens with one attached hydrogen (secondary N) is 1. The number of nitro groups is 1. The average Bonchev–Trinajstić information content (AvgIpc) is 2.93. The number of nitrogen functional groups attached to an aromatic ring is 1. The molecular weight excluding hydrogens is 285 g/mol. The smallest absolute Gasteiger partial charge is 0.300 e. The molecule has 0 bridgehead atoms. The summed E-state index contributed by atoms with van der Waals surface area (Å²) in [6.07, 6.45) is 0. The number of carbonyl (C=O) groups is 1. The van der Waals surface area contributed by atoms with Crippen LogP contribution in [0.5, 0.6) is 5.75 Å². The number of hydrogen-bond acceptors (Lipinski definition) is 6. The van der Waals surface area contributed by atoms with Crippen molar-refractivity contribution in [2.45, 2.75) is 6.61 Å². The van der Waals surface area contributed by atoms with Gasteiger partial charge in [-0.15, -0.1) is 0 Å². The SMILES string of the molecule is NNC(=O)c1ccc(COc2ccc([N+](=O)[O-])cc2F)o1. The van der Waals surface area contributed by atoms with Crippen molar-refractivity contribution in [1.29, 1.82) is 0 Å². The number of non-ortho nitro benzene ring substituents is 1. The van der Waals surface area contributed by atoms with Crippen molar-refractivity contribution < 1.29 is 23.3 Å². The molecule has 1 aromatic heterocycles. The molecule has 2 aromatic rings. The number of nitro benzene ring substituents is 1. The minimum absolute atomic E-state index is 0.0136. The highest BCUT2D eigenvalue weighted by molar-refractivity contribution is 5.90. The Balaban J connectivity index is 2.04. The van der Waals surface area contributed by atoms with Crippen LogP contribution in [0.4, 0.5) is 10.1 Å². The zero-order chi connectivity index (χ0) is 15.4. The number of nitrogens with zero attached hydrogens (tertiary/aromatic N) is 1. The fourth-order valence-corrected chi connectivity index (χ4v) is 1.52. The molecule has 110 valence electrons. The van der Waals surface area contributed by atoms with Gasteiger partial charge in [-0.2, -0.15) is 0 Å². The Morgan fingerprint density at radius 3 is 2.81 bits per heavy atom. The lowest BCUT2D eigenvalue weighted by Crippen LogP contribution is -2.29. The van der Waals surface area contributed by atoms with Crippen molar-refractivity contribution in [3.05, 3.63) is 57.8 Å². The molecule has 0 unspecified atom stereocenters. The summed E-state index contributed by atoms with van der Waals surface area (Å²) in [6.45, 7) is -0.146. The quantitative estimate of drug-likeness (QED) is 0.373. The minimum Gasteiger partial charge on any atom is -0.483 e. The first-order chi connectivity index (χ1) is 10.0. The number of carbonyl (C=O) groups excluding carboxylic acids is 1. The van der Waals surface area contributed by atoms with Crippen LogP contribution < -0.4 is 16.0 Å². The van der Waals surface area contributed by atoms with E-state index in [1.54, 1.807) is 0 Å². The molecular formula is C12H10FN3O5. The summed E-state index contributed by atoms with van der Waals surface area (Å²) in [5.41, 5.74) is 1.52. The molecule has 0 atom stereocenters. The van der Waals surface area contributed by atoms with Crippen molar-refractivity contribution in [2.24, 2.45) is 5.84 Å². The van der Waals surface area contributed by atoms with Crippen molar-refractivity contribution in [1.82, 2.24) is 5.43 Å². The normalized spacial score (nSPS) is 10.2. The fraction of sp³-hybridized carbons (Fsp3) is 0.0833. The summed E-state index contributed by atoms with van der Waals surface area (Å²) in [4.78, 5) is 20.9. The van der Waals surface area contributed by atoms with Crippen LogP contribution in [0.15, 0.2) is 34.7 Å². The molecule has 3 N–H and O–H groups in total. The number of nitrogens with two attached hydrogens (primary N) is 1. The molecule has 0 saturated carbocycles. The standard InChI is InChI=1S/C12H10FN3O5/c13-9-5-7(16(18)19)1-3-10(9)20-6-8-2-4-11(21-8)12(17)15-14/h1-5H,6,14H2,(H,15,17). The second-order valence-electron chi connectivity index (χ2n) is 3.90. The van der Waals surface area contributed by atoms with Crippen LogP contribution >= 0.6 is 0 Å². The number of furan rings is 1. The molecule has 9 heteroatoms. The molecule has 0 radical (unpaired) electrons. The van der Waals surface area contributed by atoms with E-state index in [2.05, 4.69) is 0 Å². The summed E-state index contributed by atoms with van der Waals surface area (Å²) in [7, 11) is 0. The third kappa shape index (κ3) is 3.34. The van der Waals surface area contributed by atoms with Crippen LogP contribution in [0.2, 0.25) is 0 Å². The first kappa shape index (κ1) is 14.5. The molecule has 0 spiro atoms. The van der Waals surface area contributed by atoms with Gasteiger partial charge in [0, 0.05) is 6.07 Å². The van der Waals surface area contributed by atoms with Gasteiger partial charge in [0.2, 0.25) is 0 Å². The Morgan fingerprint density at radius 2 is 2.19 bits per heavy atom. The van der Waals surface area contributed by atoms with E-state index >= 15 is 0 Å². The van der Waals surface area contributed by atoms with Crippen LogP contribution in [0, 0.1) is 15.9 Å². The van der Waals surface area contributed by atoms with Crippen LogP contribution in [0.1, 0.15) is 16.3 Å². The van der Waals surface area contributed by atoms with Crippen molar-refractivity contribution in [3.63, 3.8) is 0 Å². The van der Waals surface area contributed by atoms with Crippen LogP contribution in [-0.4, -0.2) is 10.8 Å². The highest BCUT2D eigenvalue weighted by atomic mass is 19.1. The zero-order valence-electron chi connectivity index (χ0n) is 10.5. The Bertz CT molecular complexity index is 685. The van der Waals surface area contributed by atoms with Crippen LogP contribution in [0.3, 0.4) is 0 Å². The van der Waals surface area contributed by atoms with E-state index in [1.165, 1.54) is 12.1 Å². The number of benzene rings is 1. The van der Waals surface area contributed by atoms with Crippen LogP contribution in [0.25, 0.3) is 0 Å². The number of amides is 1. The summed E-state index contributed by atoms with van der Waals surface area (Å²) >= 11 is 0. The van der Waals surface area contributed by atoms with Gasteiger partial charge in [-0.05, 0) is 18.2 Å². The van der Waals surface area contributed by atoms with Gasteiger partial charge in [0.05, 0.1) is 11.0 Å². The second-order valence-corrected chi connectivity index (χ2v) is 3.90. The number of hydrazine groups is 1. The number of ether oxygens (including phenoxy) is 1. The Morgan fingerprint density at radius 1 is 1.43 bits per heavy atom. The average molecular weight is 295 g/mol. The van der Waals surface area contributed by atoms with Crippen molar-refractivity contribution in [2.75, 3.05) is 0 Å². The maximum Gasteiger partial charge on any atom is 0.300 e. The van der Waals surface area contributed by atoms with E-state index in [4.69, 9.17) is 15.0 Å². The van der Waals surface area contributed by atoms with Gasteiger partial charge in [-0.25, -0.2) is 10.2 Å². The number of hydrogen-bond donors (Lipinski definition) is 2. The molecule has 21 heavy (non-hydrogen) atoms. The van der Waals surface area contributed by atoms with Gasteiger partial charge >= 0.3 is 5.91 Å². The first-order valence-electron chi connectivity index (χ1n) is 5.67. The summed E-state index contributed by atoms with van der Waals surface area (Å²) in [6, 6.07) is 5.86. The molecule has 1 amide bonds. The van der Waals surface area contributed by atoms with Crippen molar-refractivity contribution in [3.8, 4) is 5.75 Å². The van der Waals surface area contributed by atoms with E-state index in [9.17, 15) is 19.3 Å². The minimum atomic E-state index is -0.865. The zero-order valence-corrected chi connectivity index (χ0v) is 10.5. The molecule has 0 aliphatic heterocycles. The molecule has 0 saturated heterocycles. The third-order valence-electron chi connectivity index (χ3n) is 2.51. The van der Waals surface area contributed by atoms with E-state index < -0.39 is 16.6 Å². The Hall–Kier alpha value is -2.94. The molecule has 1 aromatic carbocycles. The van der Waals surface area contributed by atoms with E-state index in [0.717, 1.165) is 18.2 Å². The number of halogens is 1. The highest BCUT2D eigenvalue weighted by Gasteiger charge is 2.13. The van der Waals surface area contributed by atoms with Gasteiger partial charge < -0.3 is 9.15 Å². The second kappa shape index (κ2) is 6.01. The fourth-order valence-electron chi connectivity index (χ4n) is 1.52. The highest BCUT2D eigenvalue weighted by Crippen LogP contribution is 2.23. The molecule has 0 aliphatic carbocycles. The molecule has 8 nitrogen and oxygen atoms in total. The lowest BCUT2D eigenvalue weighted by molar-refractivity contribution is -0.385. The predicted molar refractivity (Wildman–Crippen MR) is 67.7 cm³/mol. The summed E-state index contributed by atoms with van der Waals surface area (Å²) in [5.74, 6) is 3.56. The molecule has 1 heterocycles. The van der Waals surface area contributed by atoms with Gasteiger partial charge in [-0.3, -0.25) is 20.3 Å². The maximum absolute atomic E-state index is 13.6. The van der Waals surface area contributed by atoms with Crippen molar-refractivity contribution >= 4 is 11.6 Å². The molecule has 0 fully saturated rings. The van der Waals surface area contributed by atoms with Gasteiger partial charge in [0.15, 0.2) is 17.3 Å². The third-order valence-corrected chi connectivity index (χ3v) is 2.51. The van der Waals surface area contributed by atoms with E-state index in [0.29, 0.717) is 0 Å². The van der Waals surface area contributed by atoms with E-state index in [1.807, 2.05) is 5.43 Å². The number of rotatable bonds is 5. The topological polar surface area (TPSA) is 121 Å². The molecule has 0 aliphatic rings. The predicted octanol–water partition coefficient (Wildman–Crippen LogP) is 1.51. The lowest BCUT2D eigenvalue weighted by atomic mass is 10.3. The largest absolute Gasteiger partial charge is 0.483 e. The summed E-state index contributed by atoms with van der Waals surface area (Å²) < 4.78 is 23.8. The van der Waals surface area contributed by atoms with E-state index in [-0.39, 0.29) is 29.6 Å². The first-order valence-corrected chi connectivity index (χ1v) is 5.67. The van der Waals surface area contributed by atoms with Gasteiger partial charge in [0.25, 0.3) is 5.69 Å². The van der Waals surface area contributed by atoms with Crippen LogP contribution in [-0.2, 0) is 6.61 Å². The van der Waals surface area contributed by atoms with Gasteiger partial charge in [-0.1, -0.05) is 0 Å². The summed E-state index contributed by atoms with van der Waals surface area (Å²) in [5, 5.41) is 10.5. The van der Waals surface area contributed by atoms with Gasteiger partial charge in [0.1, 0.15) is 12.4 Å². The maximum atomic E-state index is 13.6.